The van der Waals surface area contributed by atoms with E-state index in [0.29, 0.717) is 18.8 Å². The van der Waals surface area contributed by atoms with Crippen molar-refractivity contribution in [1.82, 2.24) is 25.4 Å². The lowest BCUT2D eigenvalue weighted by Crippen LogP contribution is -2.36. The molecule has 2 heterocycles. The van der Waals surface area contributed by atoms with E-state index in [1.54, 1.807) is 11.0 Å². The maximum absolute atomic E-state index is 12.2. The lowest BCUT2D eigenvalue weighted by atomic mass is 10.1. The van der Waals surface area contributed by atoms with Crippen molar-refractivity contribution in [2.75, 3.05) is 6.79 Å². The second kappa shape index (κ2) is 7.99. The molecular formula is C20H21N5O3. The average Bonchev–Trinajstić information content (AvgIpc) is 3.38. The predicted octanol–water partition coefficient (Wildman–Crippen LogP) is 2.62. The highest BCUT2D eigenvalue weighted by Crippen LogP contribution is 2.34. The highest BCUT2D eigenvalue weighted by atomic mass is 16.7. The molecule has 28 heavy (non-hydrogen) atoms. The summed E-state index contributed by atoms with van der Waals surface area (Å²) < 4.78 is 12.5. The molecule has 0 bridgehead atoms. The van der Waals surface area contributed by atoms with Crippen LogP contribution < -0.4 is 20.1 Å². The number of ether oxygens (including phenoxy) is 2. The van der Waals surface area contributed by atoms with Crippen LogP contribution in [0.3, 0.4) is 0 Å². The number of aromatic nitrogens is 3. The molecule has 1 atom stereocenters. The molecule has 1 unspecified atom stereocenters. The van der Waals surface area contributed by atoms with Crippen LogP contribution in [0.25, 0.3) is 0 Å². The summed E-state index contributed by atoms with van der Waals surface area (Å²) in [7, 11) is 0. The normalized spacial score (nSPS) is 13.2. The van der Waals surface area contributed by atoms with Gasteiger partial charge in [0.05, 0.1) is 12.6 Å². The Morgan fingerprint density at radius 3 is 2.71 bits per heavy atom. The fourth-order valence-electron chi connectivity index (χ4n) is 2.96. The van der Waals surface area contributed by atoms with Crippen molar-refractivity contribution in [2.24, 2.45) is 0 Å². The molecule has 0 fully saturated rings. The van der Waals surface area contributed by atoms with E-state index in [9.17, 15) is 4.79 Å². The molecule has 0 spiro atoms. The van der Waals surface area contributed by atoms with Gasteiger partial charge >= 0.3 is 6.03 Å². The number of nitrogens with one attached hydrogen (secondary N) is 2. The summed E-state index contributed by atoms with van der Waals surface area (Å²) >= 11 is 0. The number of hydrogen-bond acceptors (Lipinski definition) is 5. The summed E-state index contributed by atoms with van der Waals surface area (Å²) in [6.07, 6.45) is 3.20. The number of hydrogen-bond donors (Lipinski definition) is 2. The van der Waals surface area contributed by atoms with E-state index in [0.717, 1.165) is 22.4 Å². The second-order valence-electron chi connectivity index (χ2n) is 6.57. The van der Waals surface area contributed by atoms with E-state index in [-0.39, 0.29) is 18.9 Å². The van der Waals surface area contributed by atoms with Crippen molar-refractivity contribution in [3.63, 3.8) is 0 Å². The van der Waals surface area contributed by atoms with Crippen LogP contribution in [0.15, 0.2) is 55.1 Å². The molecule has 1 aliphatic rings. The summed E-state index contributed by atoms with van der Waals surface area (Å²) in [5.41, 5.74) is 3.10. The van der Waals surface area contributed by atoms with Gasteiger partial charge in [-0.2, -0.15) is 5.10 Å². The summed E-state index contributed by atoms with van der Waals surface area (Å²) in [5, 5.41) is 9.91. The zero-order chi connectivity index (χ0) is 19.3. The van der Waals surface area contributed by atoms with Crippen molar-refractivity contribution in [2.45, 2.75) is 26.1 Å². The molecule has 8 nitrogen and oxygen atoms in total. The van der Waals surface area contributed by atoms with Crippen LogP contribution in [0, 0.1) is 0 Å². The van der Waals surface area contributed by atoms with Crippen LogP contribution >= 0.6 is 0 Å². The molecular weight excluding hydrogens is 358 g/mol. The number of carbonyl (C=O) groups is 1. The Hall–Kier alpha value is -3.55. The van der Waals surface area contributed by atoms with Crippen molar-refractivity contribution < 1.29 is 14.3 Å². The van der Waals surface area contributed by atoms with Gasteiger partial charge in [0.15, 0.2) is 11.5 Å². The van der Waals surface area contributed by atoms with E-state index in [4.69, 9.17) is 9.47 Å². The zero-order valence-electron chi connectivity index (χ0n) is 15.5. The topological polar surface area (TPSA) is 90.3 Å². The first-order valence-electron chi connectivity index (χ1n) is 9.01. The average molecular weight is 379 g/mol. The SMILES string of the molecule is CC(NC(=O)NCc1ccc(Cn2cncn2)cc1)c1ccc2c(c1)OCO2. The lowest BCUT2D eigenvalue weighted by Gasteiger charge is -2.15. The van der Waals surface area contributed by atoms with Crippen molar-refractivity contribution >= 4 is 6.03 Å². The van der Waals surface area contributed by atoms with Gasteiger partial charge in [-0.3, -0.25) is 0 Å². The molecule has 8 heteroatoms. The Morgan fingerprint density at radius 2 is 1.93 bits per heavy atom. The third kappa shape index (κ3) is 4.22. The Kier molecular flexibility index (Phi) is 5.09. The molecule has 0 saturated carbocycles. The quantitative estimate of drug-likeness (QED) is 0.687. The van der Waals surface area contributed by atoms with Gasteiger partial charge < -0.3 is 20.1 Å². The van der Waals surface area contributed by atoms with Gasteiger partial charge in [0.25, 0.3) is 0 Å². The number of nitrogens with zero attached hydrogens (tertiary/aromatic N) is 3. The van der Waals surface area contributed by atoms with Gasteiger partial charge in [-0.25, -0.2) is 14.5 Å². The highest BCUT2D eigenvalue weighted by Gasteiger charge is 2.16. The molecule has 4 rings (SSSR count). The molecule has 0 radical (unpaired) electrons. The lowest BCUT2D eigenvalue weighted by molar-refractivity contribution is 0.174. The fourth-order valence-corrected chi connectivity index (χ4v) is 2.96. The Bertz CT molecular complexity index is 941. The highest BCUT2D eigenvalue weighted by molar-refractivity contribution is 5.74. The maximum atomic E-state index is 12.2. The summed E-state index contributed by atoms with van der Waals surface area (Å²) in [5.74, 6) is 1.44. The smallest absolute Gasteiger partial charge is 0.315 e. The van der Waals surface area contributed by atoms with Crippen LogP contribution in [0.5, 0.6) is 11.5 Å². The molecule has 1 aromatic heterocycles. The minimum atomic E-state index is -0.225. The van der Waals surface area contributed by atoms with Crippen LogP contribution in [0.2, 0.25) is 0 Å². The zero-order valence-corrected chi connectivity index (χ0v) is 15.5. The van der Waals surface area contributed by atoms with Gasteiger partial charge in [0.1, 0.15) is 12.7 Å². The minimum Gasteiger partial charge on any atom is -0.454 e. The summed E-state index contributed by atoms with van der Waals surface area (Å²) in [6.45, 7) is 3.28. The third-order valence-corrected chi connectivity index (χ3v) is 4.53. The van der Waals surface area contributed by atoms with Crippen molar-refractivity contribution in [3.05, 3.63) is 71.8 Å². The predicted molar refractivity (Wildman–Crippen MR) is 102 cm³/mol. The second-order valence-corrected chi connectivity index (χ2v) is 6.57. The van der Waals surface area contributed by atoms with Gasteiger partial charge in [0.2, 0.25) is 6.79 Å². The first-order valence-corrected chi connectivity index (χ1v) is 9.01. The third-order valence-electron chi connectivity index (χ3n) is 4.53. The Balaban J connectivity index is 1.27. The summed E-state index contributed by atoms with van der Waals surface area (Å²) in [4.78, 5) is 16.1. The molecule has 144 valence electrons. The molecule has 2 N–H and O–H groups in total. The molecule has 3 aromatic rings. The first-order chi connectivity index (χ1) is 13.7. The van der Waals surface area contributed by atoms with Crippen molar-refractivity contribution in [3.8, 4) is 11.5 Å². The number of rotatable bonds is 6. The van der Waals surface area contributed by atoms with E-state index in [1.165, 1.54) is 6.33 Å². The van der Waals surface area contributed by atoms with Crippen LogP contribution in [-0.4, -0.2) is 27.6 Å². The van der Waals surface area contributed by atoms with E-state index in [1.807, 2.05) is 49.4 Å². The Morgan fingerprint density at radius 1 is 1.14 bits per heavy atom. The largest absolute Gasteiger partial charge is 0.454 e. The van der Waals surface area contributed by atoms with Crippen LogP contribution in [-0.2, 0) is 13.1 Å². The molecule has 2 aromatic carbocycles. The van der Waals surface area contributed by atoms with Gasteiger partial charge in [-0.05, 0) is 35.7 Å². The van der Waals surface area contributed by atoms with Crippen LogP contribution in [0.4, 0.5) is 4.79 Å². The minimum absolute atomic E-state index is 0.153. The number of benzene rings is 2. The number of urea groups is 1. The molecule has 0 saturated heterocycles. The molecule has 1 aliphatic heterocycles. The van der Waals surface area contributed by atoms with E-state index < -0.39 is 0 Å². The van der Waals surface area contributed by atoms with Gasteiger partial charge in [0, 0.05) is 6.54 Å². The van der Waals surface area contributed by atoms with Gasteiger partial charge in [-0.15, -0.1) is 0 Å². The van der Waals surface area contributed by atoms with E-state index >= 15 is 0 Å². The number of amides is 2. The maximum Gasteiger partial charge on any atom is 0.315 e. The number of fused-ring (bicyclic) bond motifs is 1. The standard InChI is InChI=1S/C20H21N5O3/c1-14(17-6-7-18-19(8-17)28-13-27-18)24-20(26)22-9-15-2-4-16(5-3-15)10-25-12-21-11-23-25/h2-8,11-12,14H,9-10,13H2,1H3,(H2,22,24,26). The summed E-state index contributed by atoms with van der Waals surface area (Å²) in [6, 6.07) is 13.3. The Labute approximate surface area is 162 Å². The molecule has 0 aliphatic carbocycles. The molecule has 2 amide bonds. The van der Waals surface area contributed by atoms with Gasteiger partial charge in [-0.1, -0.05) is 30.3 Å². The van der Waals surface area contributed by atoms with Crippen molar-refractivity contribution in [1.29, 1.82) is 0 Å². The van der Waals surface area contributed by atoms with Crippen LogP contribution in [0.1, 0.15) is 29.7 Å². The first kappa shape index (κ1) is 17.8. The number of carbonyl (C=O) groups excluding carboxylic acids is 1. The fraction of sp³-hybridized carbons (Fsp3) is 0.250. The monoisotopic (exact) mass is 379 g/mol. The van der Waals surface area contributed by atoms with E-state index in [2.05, 4.69) is 20.7 Å².